The van der Waals surface area contributed by atoms with E-state index in [4.69, 9.17) is 5.11 Å². The fraction of sp³-hybridized carbons (Fsp3) is 0.200. The second-order valence-electron chi connectivity index (χ2n) is 4.87. The molecule has 3 N–H and O–H groups in total. The molecule has 24 heavy (non-hydrogen) atoms. The van der Waals surface area contributed by atoms with E-state index < -0.39 is 0 Å². The number of fused-ring (bicyclic) bond motifs is 1. The van der Waals surface area contributed by atoms with Gasteiger partial charge in [-0.15, -0.1) is 0 Å². The normalized spacial score (nSPS) is 10.9. The fourth-order valence-corrected chi connectivity index (χ4v) is 2.99. The van der Waals surface area contributed by atoms with Gasteiger partial charge >= 0.3 is 0 Å². The van der Waals surface area contributed by atoms with Crippen LogP contribution in [0.5, 0.6) is 0 Å². The van der Waals surface area contributed by atoms with Crippen LogP contribution in [0.2, 0.25) is 0 Å². The first-order chi connectivity index (χ1) is 11.7. The summed E-state index contributed by atoms with van der Waals surface area (Å²) in [6, 6.07) is 9.09. The highest BCUT2D eigenvalue weighted by atomic mass is 32.2. The van der Waals surface area contributed by atoms with Crippen molar-refractivity contribution >= 4 is 28.7 Å². The van der Waals surface area contributed by atoms with Crippen molar-refractivity contribution in [2.75, 3.05) is 18.9 Å². The summed E-state index contributed by atoms with van der Waals surface area (Å²) in [4.78, 5) is 28.9. The third kappa shape index (κ3) is 3.31. The van der Waals surface area contributed by atoms with E-state index in [-0.39, 0.29) is 30.4 Å². The smallest absolute Gasteiger partial charge is 0.269 e. The van der Waals surface area contributed by atoms with Crippen LogP contribution in [0.3, 0.4) is 0 Å². The molecule has 0 aliphatic rings. The third-order valence-corrected chi connectivity index (χ3v) is 4.17. The molecule has 0 saturated carbocycles. The van der Waals surface area contributed by atoms with Crippen molar-refractivity contribution in [1.29, 1.82) is 0 Å². The standard InChI is InChI=1S/C15H15N5O3S/c21-7-6-16-12(22)9-24-15-18-13-11(8-17-19-13)14(23)20(15)10-4-2-1-3-5-10/h1-5,8,21H,6-7,9H2,(H,16,22)(H,17,19). The van der Waals surface area contributed by atoms with Crippen molar-refractivity contribution in [3.63, 3.8) is 0 Å². The Labute approximate surface area is 140 Å². The molecular weight excluding hydrogens is 330 g/mol. The highest BCUT2D eigenvalue weighted by Gasteiger charge is 2.15. The molecule has 0 unspecified atom stereocenters. The van der Waals surface area contributed by atoms with Crippen molar-refractivity contribution in [2.24, 2.45) is 0 Å². The topological polar surface area (TPSA) is 113 Å². The number of amides is 1. The summed E-state index contributed by atoms with van der Waals surface area (Å²) in [6.07, 6.45) is 1.44. The van der Waals surface area contributed by atoms with Crippen LogP contribution in [0, 0.1) is 0 Å². The van der Waals surface area contributed by atoms with Crippen molar-refractivity contribution in [3.8, 4) is 5.69 Å². The monoisotopic (exact) mass is 345 g/mol. The van der Waals surface area contributed by atoms with Gasteiger partial charge in [0.05, 0.1) is 24.2 Å². The number of H-pyrrole nitrogens is 1. The number of hydrogen-bond donors (Lipinski definition) is 3. The zero-order valence-corrected chi connectivity index (χ0v) is 13.4. The minimum absolute atomic E-state index is 0.0823. The van der Waals surface area contributed by atoms with Crippen LogP contribution < -0.4 is 10.9 Å². The Morgan fingerprint density at radius 2 is 2.12 bits per heavy atom. The molecule has 0 spiro atoms. The number of aliphatic hydroxyl groups is 1. The molecule has 0 saturated heterocycles. The van der Waals surface area contributed by atoms with Gasteiger partial charge in [0.15, 0.2) is 10.8 Å². The van der Waals surface area contributed by atoms with Gasteiger partial charge in [0.25, 0.3) is 5.56 Å². The van der Waals surface area contributed by atoms with Gasteiger partial charge in [-0.3, -0.25) is 19.3 Å². The Bertz CT molecular complexity index is 906. The average Bonchev–Trinajstić information content (AvgIpc) is 3.08. The van der Waals surface area contributed by atoms with E-state index in [1.54, 1.807) is 12.1 Å². The number of carbonyl (C=O) groups is 1. The minimum Gasteiger partial charge on any atom is -0.395 e. The fourth-order valence-electron chi connectivity index (χ4n) is 2.15. The number of aromatic amines is 1. The summed E-state index contributed by atoms with van der Waals surface area (Å²) in [5.74, 6) is -0.161. The van der Waals surface area contributed by atoms with Crippen molar-refractivity contribution < 1.29 is 9.90 Å². The maximum atomic E-state index is 12.7. The SMILES string of the molecule is O=C(CSc1nc2[nH]ncc2c(=O)n1-c1ccccc1)NCCO. The summed E-state index contributed by atoms with van der Waals surface area (Å²) < 4.78 is 1.46. The summed E-state index contributed by atoms with van der Waals surface area (Å²) >= 11 is 1.14. The number of benzene rings is 1. The highest BCUT2D eigenvalue weighted by molar-refractivity contribution is 7.99. The predicted octanol–water partition coefficient (Wildman–Crippen LogP) is 0.309. The van der Waals surface area contributed by atoms with Gasteiger partial charge in [-0.2, -0.15) is 5.10 Å². The number of aromatic nitrogens is 4. The molecule has 0 radical (unpaired) electrons. The zero-order chi connectivity index (χ0) is 16.9. The van der Waals surface area contributed by atoms with Crippen LogP contribution >= 0.6 is 11.8 Å². The number of para-hydroxylation sites is 1. The molecule has 0 aliphatic heterocycles. The third-order valence-electron chi connectivity index (χ3n) is 3.23. The maximum Gasteiger partial charge on any atom is 0.269 e. The predicted molar refractivity (Wildman–Crippen MR) is 90.3 cm³/mol. The number of aliphatic hydroxyl groups excluding tert-OH is 1. The Morgan fingerprint density at radius 3 is 2.88 bits per heavy atom. The van der Waals surface area contributed by atoms with Gasteiger partial charge in [-0.05, 0) is 12.1 Å². The Balaban J connectivity index is 1.99. The lowest BCUT2D eigenvalue weighted by molar-refractivity contribution is -0.118. The molecule has 0 bridgehead atoms. The number of nitrogens with zero attached hydrogens (tertiary/aromatic N) is 3. The molecule has 8 nitrogen and oxygen atoms in total. The number of carbonyl (C=O) groups excluding carboxylic acids is 1. The van der Waals surface area contributed by atoms with E-state index in [1.807, 2.05) is 18.2 Å². The number of nitrogens with one attached hydrogen (secondary N) is 2. The first-order valence-corrected chi connectivity index (χ1v) is 8.21. The molecule has 124 valence electrons. The van der Waals surface area contributed by atoms with Gasteiger partial charge in [0, 0.05) is 6.54 Å². The first kappa shape index (κ1) is 16.2. The molecule has 2 heterocycles. The van der Waals surface area contributed by atoms with Gasteiger partial charge in [0.1, 0.15) is 5.39 Å². The van der Waals surface area contributed by atoms with Crippen LogP contribution in [0.4, 0.5) is 0 Å². The quantitative estimate of drug-likeness (QED) is 0.438. The molecule has 3 rings (SSSR count). The van der Waals surface area contributed by atoms with E-state index >= 15 is 0 Å². The summed E-state index contributed by atoms with van der Waals surface area (Å²) in [7, 11) is 0. The van der Waals surface area contributed by atoms with Crippen molar-refractivity contribution in [1.82, 2.24) is 25.1 Å². The number of thioether (sulfide) groups is 1. The molecular formula is C15H15N5O3S. The zero-order valence-electron chi connectivity index (χ0n) is 12.6. The molecule has 9 heteroatoms. The number of hydrogen-bond acceptors (Lipinski definition) is 6. The largest absolute Gasteiger partial charge is 0.395 e. The van der Waals surface area contributed by atoms with Gasteiger partial charge in [0.2, 0.25) is 5.91 Å². The van der Waals surface area contributed by atoms with Crippen LogP contribution in [0.15, 0.2) is 46.5 Å². The summed E-state index contributed by atoms with van der Waals surface area (Å²) in [6.45, 7) is 0.0708. The average molecular weight is 345 g/mol. The number of rotatable bonds is 6. The summed E-state index contributed by atoms with van der Waals surface area (Å²) in [5.41, 5.74) is 0.792. The highest BCUT2D eigenvalue weighted by Crippen LogP contribution is 2.20. The molecule has 0 atom stereocenters. The van der Waals surface area contributed by atoms with Gasteiger partial charge in [-0.1, -0.05) is 30.0 Å². The maximum absolute atomic E-state index is 12.7. The molecule has 0 aliphatic carbocycles. The lowest BCUT2D eigenvalue weighted by Gasteiger charge is -2.11. The van der Waals surface area contributed by atoms with E-state index in [0.717, 1.165) is 11.8 Å². The second-order valence-corrected chi connectivity index (χ2v) is 5.81. The van der Waals surface area contributed by atoms with Crippen LogP contribution in [0.25, 0.3) is 16.7 Å². The van der Waals surface area contributed by atoms with E-state index in [2.05, 4.69) is 20.5 Å². The van der Waals surface area contributed by atoms with Crippen LogP contribution in [-0.2, 0) is 4.79 Å². The van der Waals surface area contributed by atoms with Gasteiger partial charge in [-0.25, -0.2) is 4.98 Å². The van der Waals surface area contributed by atoms with E-state index in [1.165, 1.54) is 10.8 Å². The molecule has 3 aromatic rings. The van der Waals surface area contributed by atoms with Crippen LogP contribution in [-0.4, -0.2) is 49.7 Å². The second kappa shape index (κ2) is 7.28. The Kier molecular flexibility index (Phi) is 4.92. The van der Waals surface area contributed by atoms with Crippen LogP contribution in [0.1, 0.15) is 0 Å². The minimum atomic E-state index is -0.252. The molecule has 2 aromatic heterocycles. The van der Waals surface area contributed by atoms with Crippen molar-refractivity contribution in [3.05, 3.63) is 46.9 Å². The van der Waals surface area contributed by atoms with E-state index in [0.29, 0.717) is 21.9 Å². The molecule has 0 fully saturated rings. The lowest BCUT2D eigenvalue weighted by Crippen LogP contribution is -2.28. The Hall–Kier alpha value is -2.65. The first-order valence-electron chi connectivity index (χ1n) is 7.22. The molecule has 1 amide bonds. The van der Waals surface area contributed by atoms with E-state index in [9.17, 15) is 9.59 Å². The summed E-state index contributed by atoms with van der Waals surface area (Å²) in [5, 5.41) is 18.6. The molecule has 1 aromatic carbocycles. The lowest BCUT2D eigenvalue weighted by atomic mass is 10.3. The van der Waals surface area contributed by atoms with Gasteiger partial charge < -0.3 is 10.4 Å². The van der Waals surface area contributed by atoms with Crippen molar-refractivity contribution in [2.45, 2.75) is 5.16 Å². The Morgan fingerprint density at radius 1 is 1.33 bits per heavy atom.